The Kier molecular flexibility index (Phi) is 5.17. The Bertz CT molecular complexity index is 478. The van der Waals surface area contributed by atoms with E-state index in [-0.39, 0.29) is 5.91 Å². The summed E-state index contributed by atoms with van der Waals surface area (Å²) in [5.74, 6) is -0.535. The van der Waals surface area contributed by atoms with Gasteiger partial charge in [-0.1, -0.05) is 37.3 Å². The van der Waals surface area contributed by atoms with Gasteiger partial charge in [-0.15, -0.1) is 0 Å². The van der Waals surface area contributed by atoms with Crippen molar-refractivity contribution in [2.24, 2.45) is 5.92 Å². The molecular formula is C17H22N2O. The molecule has 2 rings (SSSR count). The average molecular weight is 270 g/mol. The minimum atomic E-state index is -0.551. The van der Waals surface area contributed by atoms with Crippen LogP contribution in [0.3, 0.4) is 0 Å². The van der Waals surface area contributed by atoms with Crippen molar-refractivity contribution >= 4 is 5.91 Å². The van der Waals surface area contributed by atoms with Gasteiger partial charge in [0.15, 0.2) is 0 Å². The Morgan fingerprint density at radius 1 is 1.40 bits per heavy atom. The minimum Gasteiger partial charge on any atom is -0.339 e. The van der Waals surface area contributed by atoms with Crippen LogP contribution < -0.4 is 0 Å². The van der Waals surface area contributed by atoms with Crippen LogP contribution in [0.5, 0.6) is 0 Å². The summed E-state index contributed by atoms with van der Waals surface area (Å²) in [4.78, 5) is 14.6. The lowest BCUT2D eigenvalue weighted by atomic mass is 9.94. The second kappa shape index (κ2) is 7.09. The number of nitriles is 1. The fourth-order valence-electron chi connectivity index (χ4n) is 2.95. The highest BCUT2D eigenvalue weighted by Crippen LogP contribution is 2.22. The van der Waals surface area contributed by atoms with E-state index in [4.69, 9.17) is 0 Å². The molecule has 1 fully saturated rings. The standard InChI is InChI=1S/C17H22N2O/c1-2-16-10-6-7-11-19(16)17(20)15(13-18)12-14-8-4-3-5-9-14/h3-5,8-9,15-16H,2,6-7,10-12H2,1H3. The van der Waals surface area contributed by atoms with Gasteiger partial charge in [-0.3, -0.25) is 4.79 Å². The molecule has 1 aromatic rings. The summed E-state index contributed by atoms with van der Waals surface area (Å²) in [6.45, 7) is 2.93. The Balaban J connectivity index is 2.07. The van der Waals surface area contributed by atoms with Gasteiger partial charge in [0.2, 0.25) is 5.91 Å². The summed E-state index contributed by atoms with van der Waals surface area (Å²) in [6, 6.07) is 12.3. The molecule has 1 aromatic carbocycles. The molecule has 0 aliphatic carbocycles. The largest absolute Gasteiger partial charge is 0.339 e. The lowest BCUT2D eigenvalue weighted by Crippen LogP contribution is -2.46. The number of carbonyl (C=O) groups excluding carboxylic acids is 1. The predicted molar refractivity (Wildman–Crippen MR) is 78.9 cm³/mol. The topological polar surface area (TPSA) is 44.1 Å². The molecule has 2 unspecified atom stereocenters. The third-order valence-corrected chi connectivity index (χ3v) is 4.12. The van der Waals surface area contributed by atoms with E-state index < -0.39 is 5.92 Å². The summed E-state index contributed by atoms with van der Waals surface area (Å²) >= 11 is 0. The summed E-state index contributed by atoms with van der Waals surface area (Å²) in [7, 11) is 0. The lowest BCUT2D eigenvalue weighted by Gasteiger charge is -2.36. The molecule has 0 N–H and O–H groups in total. The first-order chi connectivity index (χ1) is 9.76. The molecule has 2 atom stereocenters. The van der Waals surface area contributed by atoms with E-state index in [9.17, 15) is 10.1 Å². The molecule has 0 spiro atoms. The van der Waals surface area contributed by atoms with E-state index >= 15 is 0 Å². The highest BCUT2D eigenvalue weighted by Gasteiger charge is 2.30. The van der Waals surface area contributed by atoms with E-state index in [1.165, 1.54) is 6.42 Å². The molecule has 1 heterocycles. The molecule has 1 saturated heterocycles. The van der Waals surface area contributed by atoms with Gasteiger partial charge in [0.05, 0.1) is 6.07 Å². The second-order valence-electron chi connectivity index (χ2n) is 5.46. The Hall–Kier alpha value is -1.82. The summed E-state index contributed by atoms with van der Waals surface area (Å²) < 4.78 is 0. The predicted octanol–water partition coefficient (Wildman–Crippen LogP) is 3.16. The van der Waals surface area contributed by atoms with Crippen molar-refractivity contribution in [1.82, 2.24) is 4.90 Å². The summed E-state index contributed by atoms with van der Waals surface area (Å²) in [6.07, 6.45) is 4.83. The number of amides is 1. The van der Waals surface area contributed by atoms with Gasteiger partial charge in [-0.25, -0.2) is 0 Å². The zero-order valence-corrected chi connectivity index (χ0v) is 12.1. The smallest absolute Gasteiger partial charge is 0.240 e. The van der Waals surface area contributed by atoms with Crippen LogP contribution in [0.2, 0.25) is 0 Å². The second-order valence-corrected chi connectivity index (χ2v) is 5.46. The number of piperidine rings is 1. The average Bonchev–Trinajstić information content (AvgIpc) is 2.53. The molecule has 20 heavy (non-hydrogen) atoms. The van der Waals surface area contributed by atoms with Crippen molar-refractivity contribution in [1.29, 1.82) is 5.26 Å². The van der Waals surface area contributed by atoms with Crippen molar-refractivity contribution < 1.29 is 4.79 Å². The van der Waals surface area contributed by atoms with Crippen LogP contribution in [0, 0.1) is 17.2 Å². The van der Waals surface area contributed by atoms with Crippen LogP contribution in [-0.2, 0) is 11.2 Å². The summed E-state index contributed by atoms with van der Waals surface area (Å²) in [5.41, 5.74) is 1.05. The highest BCUT2D eigenvalue weighted by atomic mass is 16.2. The van der Waals surface area contributed by atoms with E-state index in [0.29, 0.717) is 12.5 Å². The van der Waals surface area contributed by atoms with Gasteiger partial charge in [0.25, 0.3) is 0 Å². The molecule has 1 aliphatic rings. The third kappa shape index (κ3) is 3.39. The zero-order chi connectivity index (χ0) is 14.4. The number of hydrogen-bond donors (Lipinski definition) is 0. The summed E-state index contributed by atoms with van der Waals surface area (Å²) in [5, 5.41) is 9.35. The van der Waals surface area contributed by atoms with Crippen molar-refractivity contribution in [2.75, 3.05) is 6.54 Å². The van der Waals surface area contributed by atoms with Gasteiger partial charge < -0.3 is 4.90 Å². The van der Waals surface area contributed by atoms with Crippen molar-refractivity contribution in [3.05, 3.63) is 35.9 Å². The normalized spacial score (nSPS) is 20.2. The number of likely N-dealkylation sites (tertiary alicyclic amines) is 1. The molecule has 106 valence electrons. The third-order valence-electron chi connectivity index (χ3n) is 4.12. The number of nitrogens with zero attached hydrogens (tertiary/aromatic N) is 2. The molecule has 0 bridgehead atoms. The van der Waals surface area contributed by atoms with Crippen LogP contribution >= 0.6 is 0 Å². The van der Waals surface area contributed by atoms with Crippen molar-refractivity contribution in [3.8, 4) is 6.07 Å². The Labute approximate surface area is 121 Å². The molecule has 1 aliphatic heterocycles. The van der Waals surface area contributed by atoms with Gasteiger partial charge >= 0.3 is 0 Å². The number of rotatable bonds is 4. The molecule has 0 radical (unpaired) electrons. The van der Waals surface area contributed by atoms with Crippen LogP contribution in [0.15, 0.2) is 30.3 Å². The first kappa shape index (κ1) is 14.6. The van der Waals surface area contributed by atoms with Gasteiger partial charge in [0, 0.05) is 12.6 Å². The van der Waals surface area contributed by atoms with E-state index in [1.54, 1.807) is 0 Å². The number of carbonyl (C=O) groups is 1. The lowest BCUT2D eigenvalue weighted by molar-refractivity contribution is -0.137. The number of benzene rings is 1. The van der Waals surface area contributed by atoms with E-state index in [2.05, 4.69) is 13.0 Å². The van der Waals surface area contributed by atoms with Gasteiger partial charge in [-0.2, -0.15) is 5.26 Å². The number of hydrogen-bond acceptors (Lipinski definition) is 2. The van der Waals surface area contributed by atoms with E-state index in [1.807, 2.05) is 35.2 Å². The monoisotopic (exact) mass is 270 g/mol. The molecule has 0 aromatic heterocycles. The Morgan fingerprint density at radius 3 is 2.80 bits per heavy atom. The molecule has 3 heteroatoms. The van der Waals surface area contributed by atoms with Crippen molar-refractivity contribution in [3.63, 3.8) is 0 Å². The van der Waals surface area contributed by atoms with Gasteiger partial charge in [-0.05, 0) is 37.7 Å². The van der Waals surface area contributed by atoms with Crippen LogP contribution in [0.1, 0.15) is 38.2 Å². The Morgan fingerprint density at radius 2 is 2.15 bits per heavy atom. The molecule has 1 amide bonds. The van der Waals surface area contributed by atoms with Crippen LogP contribution in [0.4, 0.5) is 0 Å². The SMILES string of the molecule is CCC1CCCCN1C(=O)C(C#N)Cc1ccccc1. The highest BCUT2D eigenvalue weighted by molar-refractivity contribution is 5.82. The van der Waals surface area contributed by atoms with Crippen LogP contribution in [-0.4, -0.2) is 23.4 Å². The zero-order valence-electron chi connectivity index (χ0n) is 12.1. The maximum Gasteiger partial charge on any atom is 0.240 e. The van der Waals surface area contributed by atoms with Crippen LogP contribution in [0.25, 0.3) is 0 Å². The minimum absolute atomic E-state index is 0.0166. The van der Waals surface area contributed by atoms with Crippen molar-refractivity contribution in [2.45, 2.75) is 45.1 Å². The van der Waals surface area contributed by atoms with Gasteiger partial charge in [0.1, 0.15) is 5.92 Å². The fraction of sp³-hybridized carbons (Fsp3) is 0.529. The van der Waals surface area contributed by atoms with E-state index in [0.717, 1.165) is 31.4 Å². The maximum absolute atomic E-state index is 12.6. The molecule has 0 saturated carbocycles. The quantitative estimate of drug-likeness (QED) is 0.843. The fourth-order valence-corrected chi connectivity index (χ4v) is 2.95. The molecular weight excluding hydrogens is 248 g/mol. The first-order valence-corrected chi connectivity index (χ1v) is 7.50. The molecule has 3 nitrogen and oxygen atoms in total. The maximum atomic E-state index is 12.6. The first-order valence-electron chi connectivity index (χ1n) is 7.50.